The molecule has 1 atom stereocenters. The quantitative estimate of drug-likeness (QED) is 0.112. The highest BCUT2D eigenvalue weighted by Crippen LogP contribution is 2.36. The van der Waals surface area contributed by atoms with Crippen LogP contribution in [0.3, 0.4) is 0 Å². The standard InChI is InChI=1S/C26H20N4O8S4/c31-22-20(13-15-5-3-7-17(11-15)29(35)36)41-25(39)27(22)10-2-1-9-19(24(33)34)28-23(32)21(42-26(28)40)14-16-6-4-8-18(12-16)30(37)38/h3-8,11-14,19H,1-2,9-10H2,(H,33,34)/b20-13+,21-14+/t19-/m1/s1. The smallest absolute Gasteiger partial charge is 0.326 e. The van der Waals surface area contributed by atoms with E-state index in [0.29, 0.717) is 33.2 Å². The number of benzene rings is 2. The maximum Gasteiger partial charge on any atom is 0.326 e. The summed E-state index contributed by atoms with van der Waals surface area (Å²) in [5, 5.41) is 32.0. The molecule has 216 valence electrons. The van der Waals surface area contributed by atoms with Crippen molar-refractivity contribution in [1.82, 2.24) is 9.80 Å². The molecule has 0 aliphatic carbocycles. The van der Waals surface area contributed by atoms with Crippen LogP contribution in [-0.4, -0.2) is 63.8 Å². The molecule has 2 fully saturated rings. The van der Waals surface area contributed by atoms with Crippen molar-refractivity contribution in [2.24, 2.45) is 0 Å². The predicted molar refractivity (Wildman–Crippen MR) is 166 cm³/mol. The largest absolute Gasteiger partial charge is 0.480 e. The Morgan fingerprint density at radius 3 is 1.93 bits per heavy atom. The molecule has 16 heteroatoms. The van der Waals surface area contributed by atoms with E-state index in [1.54, 1.807) is 12.1 Å². The van der Waals surface area contributed by atoms with Crippen molar-refractivity contribution in [3.05, 3.63) is 89.7 Å². The number of thiocarbonyl (C=S) groups is 2. The number of aliphatic carboxylic acids is 1. The van der Waals surface area contributed by atoms with Crippen LogP contribution in [-0.2, 0) is 14.4 Å². The van der Waals surface area contributed by atoms with E-state index < -0.39 is 27.8 Å². The van der Waals surface area contributed by atoms with Gasteiger partial charge in [-0.25, -0.2) is 4.79 Å². The maximum atomic E-state index is 13.1. The van der Waals surface area contributed by atoms with Gasteiger partial charge in [-0.15, -0.1) is 0 Å². The molecule has 0 radical (unpaired) electrons. The molecule has 0 aromatic heterocycles. The first-order valence-electron chi connectivity index (χ1n) is 12.2. The van der Waals surface area contributed by atoms with Crippen molar-refractivity contribution < 1.29 is 29.3 Å². The van der Waals surface area contributed by atoms with Gasteiger partial charge >= 0.3 is 5.97 Å². The molecule has 2 aromatic rings. The SMILES string of the molecule is O=C(O)[C@@H](CCCCN1C(=O)/C(=C\c2cccc([N+](=O)[O-])c2)SC1=S)N1C(=O)/C(=C\c2cccc([N+](=O)[O-])c2)SC1=S. The lowest BCUT2D eigenvalue weighted by atomic mass is 10.1. The summed E-state index contributed by atoms with van der Waals surface area (Å²) in [6, 6.07) is 10.3. The molecular formula is C26H20N4O8S4. The minimum Gasteiger partial charge on any atom is -0.480 e. The zero-order valence-corrected chi connectivity index (χ0v) is 24.7. The van der Waals surface area contributed by atoms with Crippen LogP contribution in [0.25, 0.3) is 12.2 Å². The molecule has 1 N–H and O–H groups in total. The second-order valence-corrected chi connectivity index (χ2v) is 12.3. The van der Waals surface area contributed by atoms with Gasteiger partial charge in [-0.3, -0.25) is 39.6 Å². The molecule has 42 heavy (non-hydrogen) atoms. The number of carbonyl (C=O) groups is 3. The number of hydrogen-bond acceptors (Lipinski definition) is 11. The highest BCUT2D eigenvalue weighted by Gasteiger charge is 2.40. The Labute approximate surface area is 257 Å². The van der Waals surface area contributed by atoms with Crippen LogP contribution in [0.2, 0.25) is 0 Å². The lowest BCUT2D eigenvalue weighted by Gasteiger charge is -2.23. The van der Waals surface area contributed by atoms with Gasteiger partial charge < -0.3 is 5.11 Å². The zero-order chi connectivity index (χ0) is 30.6. The van der Waals surface area contributed by atoms with E-state index in [2.05, 4.69) is 0 Å². The molecule has 2 amide bonds. The Morgan fingerprint density at radius 2 is 1.40 bits per heavy atom. The normalized spacial score (nSPS) is 17.9. The van der Waals surface area contributed by atoms with Crippen molar-refractivity contribution in [2.45, 2.75) is 25.3 Å². The van der Waals surface area contributed by atoms with E-state index in [-0.39, 0.29) is 39.5 Å². The number of rotatable bonds is 11. The number of non-ortho nitro benzene ring substituents is 2. The minimum atomic E-state index is -1.24. The topological polar surface area (TPSA) is 164 Å². The van der Waals surface area contributed by atoms with Crippen molar-refractivity contribution in [2.75, 3.05) is 6.54 Å². The fourth-order valence-electron chi connectivity index (χ4n) is 4.17. The number of carboxylic acids is 1. The van der Waals surface area contributed by atoms with E-state index >= 15 is 0 Å². The van der Waals surface area contributed by atoms with Crippen molar-refractivity contribution in [3.8, 4) is 0 Å². The monoisotopic (exact) mass is 644 g/mol. The Kier molecular flexibility index (Phi) is 9.82. The highest BCUT2D eigenvalue weighted by atomic mass is 32.2. The number of carbonyl (C=O) groups excluding carboxylic acids is 2. The van der Waals surface area contributed by atoms with Gasteiger partial charge in [-0.2, -0.15) is 0 Å². The zero-order valence-electron chi connectivity index (χ0n) is 21.4. The fraction of sp³-hybridized carbons (Fsp3) is 0.192. The number of carboxylic acid groups (broad SMARTS) is 1. The number of thioether (sulfide) groups is 2. The molecule has 2 aliphatic rings. The average molecular weight is 645 g/mol. The summed E-state index contributed by atoms with van der Waals surface area (Å²) in [5.41, 5.74) is 0.633. The number of nitrogens with zero attached hydrogens (tertiary/aromatic N) is 4. The summed E-state index contributed by atoms with van der Waals surface area (Å²) in [5.74, 6) is -2.20. The molecule has 2 saturated heterocycles. The Balaban J connectivity index is 1.37. The Bertz CT molecular complexity index is 1590. The minimum absolute atomic E-state index is 0.0597. The first-order valence-corrected chi connectivity index (χ1v) is 14.7. The number of hydrogen-bond donors (Lipinski definition) is 1. The van der Waals surface area contributed by atoms with Gasteiger partial charge in [0.1, 0.15) is 14.7 Å². The third-order valence-corrected chi connectivity index (χ3v) is 8.87. The lowest BCUT2D eigenvalue weighted by molar-refractivity contribution is -0.385. The van der Waals surface area contributed by atoms with E-state index in [1.807, 2.05) is 0 Å². The first-order chi connectivity index (χ1) is 20.0. The average Bonchev–Trinajstić information content (AvgIpc) is 3.36. The van der Waals surface area contributed by atoms with Crippen LogP contribution in [0.4, 0.5) is 11.4 Å². The summed E-state index contributed by atoms with van der Waals surface area (Å²) < 4.78 is 0.377. The number of amides is 2. The van der Waals surface area contributed by atoms with Gasteiger partial charge in [0.2, 0.25) is 0 Å². The second-order valence-electron chi connectivity index (χ2n) is 8.94. The molecule has 0 unspecified atom stereocenters. The summed E-state index contributed by atoms with van der Waals surface area (Å²) in [7, 11) is 0. The summed E-state index contributed by atoms with van der Waals surface area (Å²) in [6.45, 7) is 0.217. The molecule has 0 saturated carbocycles. The fourth-order valence-corrected chi connectivity index (χ4v) is 6.84. The molecule has 4 rings (SSSR count). The van der Waals surface area contributed by atoms with Crippen LogP contribution in [0.5, 0.6) is 0 Å². The molecule has 2 aromatic carbocycles. The number of nitro groups is 2. The summed E-state index contributed by atoms with van der Waals surface area (Å²) in [4.78, 5) is 62.0. The van der Waals surface area contributed by atoms with Gasteiger partial charge in [-0.05, 0) is 42.5 Å². The molecular weight excluding hydrogens is 625 g/mol. The van der Waals surface area contributed by atoms with Crippen molar-refractivity contribution in [3.63, 3.8) is 0 Å². The molecule has 2 heterocycles. The number of nitro benzene ring substituents is 2. The van der Waals surface area contributed by atoms with Gasteiger partial charge in [0, 0.05) is 30.8 Å². The maximum absolute atomic E-state index is 13.1. The van der Waals surface area contributed by atoms with E-state index in [1.165, 1.54) is 53.5 Å². The summed E-state index contributed by atoms with van der Waals surface area (Å²) >= 11 is 12.6. The highest BCUT2D eigenvalue weighted by molar-refractivity contribution is 8.27. The van der Waals surface area contributed by atoms with Gasteiger partial charge in [-0.1, -0.05) is 72.2 Å². The molecule has 2 aliphatic heterocycles. The van der Waals surface area contributed by atoms with Crippen molar-refractivity contribution in [1.29, 1.82) is 0 Å². The van der Waals surface area contributed by atoms with Crippen LogP contribution in [0, 0.1) is 20.2 Å². The van der Waals surface area contributed by atoms with Crippen molar-refractivity contribution >= 4 is 97.9 Å². The molecule has 12 nitrogen and oxygen atoms in total. The third-order valence-electron chi connectivity index (χ3n) is 6.16. The molecule has 0 spiro atoms. The van der Waals surface area contributed by atoms with E-state index in [4.69, 9.17) is 24.4 Å². The van der Waals surface area contributed by atoms with Crippen LogP contribution in [0.1, 0.15) is 30.4 Å². The third kappa shape index (κ3) is 7.07. The van der Waals surface area contributed by atoms with Crippen LogP contribution >= 0.6 is 48.0 Å². The Morgan fingerprint density at radius 1 is 0.881 bits per heavy atom. The van der Waals surface area contributed by atoms with E-state index in [9.17, 15) is 39.7 Å². The van der Waals surface area contributed by atoms with Crippen LogP contribution in [0.15, 0.2) is 58.3 Å². The number of unbranched alkanes of at least 4 members (excludes halogenated alkanes) is 1. The predicted octanol–water partition coefficient (Wildman–Crippen LogP) is 5.23. The van der Waals surface area contributed by atoms with Gasteiger partial charge in [0.05, 0.1) is 19.7 Å². The van der Waals surface area contributed by atoms with Crippen LogP contribution < -0.4 is 0 Å². The van der Waals surface area contributed by atoms with Gasteiger partial charge in [0.25, 0.3) is 23.2 Å². The Hall–Kier alpha value is -3.99. The van der Waals surface area contributed by atoms with E-state index in [0.717, 1.165) is 28.4 Å². The van der Waals surface area contributed by atoms with Gasteiger partial charge in [0.15, 0.2) is 0 Å². The second kappa shape index (κ2) is 13.3. The first kappa shape index (κ1) is 31.0. The summed E-state index contributed by atoms with van der Waals surface area (Å²) in [6.07, 6.45) is 3.74. The lowest BCUT2D eigenvalue weighted by Crippen LogP contribution is -2.44. The molecule has 0 bridgehead atoms.